The van der Waals surface area contributed by atoms with Crippen molar-refractivity contribution in [1.29, 1.82) is 5.26 Å². The van der Waals surface area contributed by atoms with Crippen LogP contribution in [0.4, 0.5) is 5.82 Å². The fourth-order valence-corrected chi connectivity index (χ4v) is 5.21. The second kappa shape index (κ2) is 9.04. The highest BCUT2D eigenvalue weighted by molar-refractivity contribution is 5.86. The number of aromatic nitrogens is 5. The Morgan fingerprint density at radius 3 is 2.63 bits per heavy atom. The molecule has 0 N–H and O–H groups in total. The highest BCUT2D eigenvalue weighted by Gasteiger charge is 2.41. The number of pyridine rings is 1. The summed E-state index contributed by atoms with van der Waals surface area (Å²) in [6.45, 7) is 10.1. The summed E-state index contributed by atoms with van der Waals surface area (Å²) in [5.41, 5.74) is 1.22. The largest absolute Gasteiger partial charge is 0.423 e. The number of hydrogen-bond donors (Lipinski definition) is 0. The Morgan fingerprint density at radius 1 is 1.20 bits per heavy atom. The van der Waals surface area contributed by atoms with Crippen LogP contribution in [0.1, 0.15) is 76.4 Å². The number of aryl methyl sites for hydroxylation is 1. The van der Waals surface area contributed by atoms with Crippen LogP contribution in [-0.2, 0) is 7.05 Å². The molecule has 0 radical (unpaired) electrons. The van der Waals surface area contributed by atoms with Crippen LogP contribution < -0.4 is 10.6 Å². The fraction of sp³-hybridized carbons (Fsp3) is 0.600. The van der Waals surface area contributed by atoms with Crippen molar-refractivity contribution < 1.29 is 4.42 Å². The van der Waals surface area contributed by atoms with Gasteiger partial charge in [-0.2, -0.15) is 10.2 Å². The number of hydrogen-bond acceptors (Lipinski definition) is 9. The molecule has 3 aromatic heterocycles. The third-order valence-electron chi connectivity index (χ3n) is 7.30. The van der Waals surface area contributed by atoms with E-state index in [2.05, 4.69) is 63.7 Å². The summed E-state index contributed by atoms with van der Waals surface area (Å²) in [4.78, 5) is 26.3. The minimum absolute atomic E-state index is 0.0150. The average Bonchev–Trinajstić information content (AvgIpc) is 3.59. The van der Waals surface area contributed by atoms with Crippen molar-refractivity contribution in [3.05, 3.63) is 40.1 Å². The molecule has 0 spiro atoms. The highest BCUT2D eigenvalue weighted by Crippen LogP contribution is 2.41. The second-order valence-electron chi connectivity index (χ2n) is 10.2. The summed E-state index contributed by atoms with van der Waals surface area (Å²) >= 11 is 0. The van der Waals surface area contributed by atoms with Gasteiger partial charge in [0.05, 0.1) is 11.6 Å². The Kier molecular flexibility index (Phi) is 6.05. The van der Waals surface area contributed by atoms with Crippen LogP contribution in [0.3, 0.4) is 0 Å². The highest BCUT2D eigenvalue weighted by atomic mass is 16.4. The molecule has 184 valence electrons. The van der Waals surface area contributed by atoms with E-state index in [9.17, 15) is 10.1 Å². The second-order valence-corrected chi connectivity index (χ2v) is 10.2. The first-order valence-corrected chi connectivity index (χ1v) is 12.5. The predicted molar refractivity (Wildman–Crippen MR) is 131 cm³/mol. The van der Waals surface area contributed by atoms with E-state index in [1.54, 1.807) is 19.2 Å². The number of fused-ring (bicyclic) bond motifs is 1. The Bertz CT molecular complexity index is 1340. The van der Waals surface area contributed by atoms with Crippen molar-refractivity contribution in [3.63, 3.8) is 0 Å². The SMILES string of the molecule is CC[C@@H]1CN(c2nc(=O)n(C)c3ccc(C#N)nc23)[C@@H](C)CN1C(c1nnc(C2CC2)o1)C(C)C. The van der Waals surface area contributed by atoms with Crippen molar-refractivity contribution in [2.75, 3.05) is 18.0 Å². The Balaban J connectivity index is 1.51. The molecule has 1 unspecified atom stereocenters. The zero-order chi connectivity index (χ0) is 24.9. The van der Waals surface area contributed by atoms with E-state index in [-0.39, 0.29) is 29.7 Å². The fourth-order valence-electron chi connectivity index (χ4n) is 5.21. The molecule has 10 heteroatoms. The maximum absolute atomic E-state index is 12.7. The lowest BCUT2D eigenvalue weighted by Gasteiger charge is -2.48. The summed E-state index contributed by atoms with van der Waals surface area (Å²) in [6, 6.07) is 5.77. The number of rotatable bonds is 6. The van der Waals surface area contributed by atoms with E-state index in [0.29, 0.717) is 40.9 Å². The van der Waals surface area contributed by atoms with E-state index in [1.807, 2.05) is 0 Å². The molecule has 1 saturated carbocycles. The molecule has 2 fully saturated rings. The standard InChI is InChI=1S/C25H32N8O2/c1-6-18-13-32(22-20-19(31(5)25(34)28-22)10-9-17(11-26)27-20)15(4)12-33(18)21(14(2)3)24-30-29-23(35-24)16-7-8-16/h9-10,14-16,18,21H,6-8,12-13H2,1-5H3/t15-,18+,21?/m0/s1. The molecule has 1 aliphatic carbocycles. The molecule has 10 nitrogen and oxygen atoms in total. The molecule has 4 heterocycles. The molecule has 1 aliphatic heterocycles. The van der Waals surface area contributed by atoms with Gasteiger partial charge in [0.25, 0.3) is 0 Å². The summed E-state index contributed by atoms with van der Waals surface area (Å²) in [6.07, 6.45) is 3.16. The molecule has 1 saturated heterocycles. The van der Waals surface area contributed by atoms with Gasteiger partial charge < -0.3 is 9.32 Å². The van der Waals surface area contributed by atoms with Crippen LogP contribution in [0.5, 0.6) is 0 Å². The molecule has 5 rings (SSSR count). The summed E-state index contributed by atoms with van der Waals surface area (Å²) in [5.74, 6) is 2.71. The first kappa shape index (κ1) is 23.4. The smallest absolute Gasteiger partial charge is 0.349 e. The molecule has 2 aliphatic rings. The van der Waals surface area contributed by atoms with Crippen LogP contribution in [0.25, 0.3) is 11.0 Å². The summed E-state index contributed by atoms with van der Waals surface area (Å²) < 4.78 is 7.64. The van der Waals surface area contributed by atoms with Gasteiger partial charge in [-0.3, -0.25) is 9.47 Å². The zero-order valence-corrected chi connectivity index (χ0v) is 21.0. The van der Waals surface area contributed by atoms with E-state index < -0.39 is 0 Å². The molecule has 0 amide bonds. The lowest BCUT2D eigenvalue weighted by molar-refractivity contribution is 0.0547. The van der Waals surface area contributed by atoms with Gasteiger partial charge in [-0.25, -0.2) is 9.78 Å². The van der Waals surface area contributed by atoms with Gasteiger partial charge in [-0.15, -0.1) is 10.2 Å². The van der Waals surface area contributed by atoms with Crippen LogP contribution in [0.15, 0.2) is 21.3 Å². The maximum Gasteiger partial charge on any atom is 0.349 e. The summed E-state index contributed by atoms with van der Waals surface area (Å²) in [7, 11) is 1.68. The molecule has 35 heavy (non-hydrogen) atoms. The number of anilines is 1. The van der Waals surface area contributed by atoms with E-state index in [0.717, 1.165) is 31.7 Å². The monoisotopic (exact) mass is 476 g/mol. The van der Waals surface area contributed by atoms with Gasteiger partial charge in [0.15, 0.2) is 5.82 Å². The van der Waals surface area contributed by atoms with Crippen LogP contribution in [-0.4, -0.2) is 54.8 Å². The van der Waals surface area contributed by atoms with Gasteiger partial charge in [0, 0.05) is 38.1 Å². The van der Waals surface area contributed by atoms with Gasteiger partial charge in [-0.05, 0) is 44.2 Å². The first-order chi connectivity index (χ1) is 16.8. The predicted octanol–water partition coefficient (Wildman–Crippen LogP) is 3.15. The Morgan fingerprint density at radius 2 is 1.97 bits per heavy atom. The summed E-state index contributed by atoms with van der Waals surface area (Å²) in [5, 5.41) is 18.2. The molecule has 3 aromatic rings. The molecular formula is C25H32N8O2. The minimum atomic E-state index is -0.333. The molecular weight excluding hydrogens is 444 g/mol. The normalized spacial score (nSPS) is 22.0. The van der Waals surface area contributed by atoms with E-state index in [4.69, 9.17) is 4.42 Å². The van der Waals surface area contributed by atoms with Crippen molar-refractivity contribution >= 4 is 16.9 Å². The van der Waals surface area contributed by atoms with Gasteiger partial charge in [-0.1, -0.05) is 20.8 Å². The third kappa shape index (κ3) is 4.18. The molecule has 0 aromatic carbocycles. The van der Waals surface area contributed by atoms with Crippen LogP contribution >= 0.6 is 0 Å². The zero-order valence-electron chi connectivity index (χ0n) is 21.0. The maximum atomic E-state index is 12.7. The van der Waals surface area contributed by atoms with E-state index >= 15 is 0 Å². The number of nitrogens with zero attached hydrogens (tertiary/aromatic N) is 8. The third-order valence-corrected chi connectivity index (χ3v) is 7.30. The number of piperazine rings is 1. The van der Waals surface area contributed by atoms with Gasteiger partial charge in [0.1, 0.15) is 17.3 Å². The van der Waals surface area contributed by atoms with E-state index in [1.165, 1.54) is 4.57 Å². The average molecular weight is 477 g/mol. The quantitative estimate of drug-likeness (QED) is 0.529. The van der Waals surface area contributed by atoms with Crippen molar-refractivity contribution in [3.8, 4) is 6.07 Å². The Labute approximate surface area is 204 Å². The topological polar surface area (TPSA) is 117 Å². The molecule has 0 bridgehead atoms. The lowest BCUT2D eigenvalue weighted by Crippen LogP contribution is -2.59. The first-order valence-electron chi connectivity index (χ1n) is 12.5. The van der Waals surface area contributed by atoms with Gasteiger partial charge >= 0.3 is 5.69 Å². The Hall–Kier alpha value is -3.32. The van der Waals surface area contributed by atoms with Crippen molar-refractivity contribution in [2.45, 2.75) is 71.0 Å². The van der Waals surface area contributed by atoms with Gasteiger partial charge in [0.2, 0.25) is 11.8 Å². The van der Waals surface area contributed by atoms with Crippen molar-refractivity contribution in [1.82, 2.24) is 29.6 Å². The lowest BCUT2D eigenvalue weighted by atomic mass is 9.95. The van der Waals surface area contributed by atoms with Crippen LogP contribution in [0.2, 0.25) is 0 Å². The number of nitriles is 1. The van der Waals surface area contributed by atoms with Crippen molar-refractivity contribution in [2.24, 2.45) is 13.0 Å². The minimum Gasteiger partial charge on any atom is -0.423 e. The molecule has 3 atom stereocenters. The van der Waals surface area contributed by atoms with Crippen LogP contribution in [0, 0.1) is 17.2 Å².